The zero-order chi connectivity index (χ0) is 10.3. The van der Waals surface area contributed by atoms with Gasteiger partial charge in [-0.1, -0.05) is 13.8 Å². The predicted molar refractivity (Wildman–Crippen MR) is 56.7 cm³/mol. The van der Waals surface area contributed by atoms with E-state index in [1.807, 2.05) is 0 Å². The molecule has 0 heterocycles. The van der Waals surface area contributed by atoms with Crippen molar-refractivity contribution in [3.8, 4) is 0 Å². The molecule has 0 bridgehead atoms. The van der Waals surface area contributed by atoms with Crippen molar-refractivity contribution < 1.29 is 5.11 Å². The van der Waals surface area contributed by atoms with Gasteiger partial charge in [0.1, 0.15) is 0 Å². The van der Waals surface area contributed by atoms with Gasteiger partial charge in [0.2, 0.25) is 0 Å². The molecule has 3 heteroatoms. The van der Waals surface area contributed by atoms with Gasteiger partial charge in [0.25, 0.3) is 0 Å². The molecule has 0 aromatic heterocycles. The highest BCUT2D eigenvalue weighted by molar-refractivity contribution is 4.72. The van der Waals surface area contributed by atoms with E-state index in [0.29, 0.717) is 6.61 Å². The van der Waals surface area contributed by atoms with Crippen molar-refractivity contribution in [1.82, 2.24) is 4.90 Å². The molecule has 0 saturated carbocycles. The quantitative estimate of drug-likeness (QED) is 0.578. The zero-order valence-corrected chi connectivity index (χ0v) is 9.21. The molecule has 0 unspecified atom stereocenters. The second-order valence-electron chi connectivity index (χ2n) is 4.54. The smallest absolute Gasteiger partial charge is 0.0431 e. The number of hydrogen-bond donors (Lipinski definition) is 2. The monoisotopic (exact) mass is 188 g/mol. The van der Waals surface area contributed by atoms with E-state index in [2.05, 4.69) is 25.8 Å². The van der Waals surface area contributed by atoms with Gasteiger partial charge in [0, 0.05) is 13.2 Å². The number of nitrogens with zero attached hydrogens (tertiary/aromatic N) is 1. The SMILES string of the molecule is CN(CCCCO)CC(C)(C)CN. The molecule has 0 aliphatic rings. The number of unbranched alkanes of at least 4 members (excludes halogenated alkanes) is 1. The van der Waals surface area contributed by atoms with Gasteiger partial charge in [-0.3, -0.25) is 0 Å². The molecule has 0 fully saturated rings. The average Bonchev–Trinajstić information content (AvgIpc) is 2.04. The minimum Gasteiger partial charge on any atom is -0.396 e. The van der Waals surface area contributed by atoms with Crippen molar-refractivity contribution in [1.29, 1.82) is 0 Å². The van der Waals surface area contributed by atoms with Crippen molar-refractivity contribution in [3.05, 3.63) is 0 Å². The molecule has 0 atom stereocenters. The fourth-order valence-corrected chi connectivity index (χ4v) is 1.37. The van der Waals surface area contributed by atoms with Crippen LogP contribution < -0.4 is 5.73 Å². The highest BCUT2D eigenvalue weighted by Gasteiger charge is 2.17. The molecule has 0 amide bonds. The highest BCUT2D eigenvalue weighted by atomic mass is 16.2. The average molecular weight is 188 g/mol. The fourth-order valence-electron chi connectivity index (χ4n) is 1.37. The Labute approximate surface area is 81.9 Å². The summed E-state index contributed by atoms with van der Waals surface area (Å²) in [5, 5.41) is 8.62. The van der Waals surface area contributed by atoms with Crippen molar-refractivity contribution in [3.63, 3.8) is 0 Å². The Kier molecular flexibility index (Phi) is 6.29. The van der Waals surface area contributed by atoms with Crippen LogP contribution >= 0.6 is 0 Å². The largest absolute Gasteiger partial charge is 0.396 e. The van der Waals surface area contributed by atoms with E-state index in [0.717, 1.165) is 32.5 Å². The molecule has 13 heavy (non-hydrogen) atoms. The summed E-state index contributed by atoms with van der Waals surface area (Å²) in [6.07, 6.45) is 1.96. The Morgan fingerprint density at radius 2 is 1.92 bits per heavy atom. The van der Waals surface area contributed by atoms with E-state index in [1.165, 1.54) is 0 Å². The lowest BCUT2D eigenvalue weighted by Gasteiger charge is -2.28. The summed E-state index contributed by atoms with van der Waals surface area (Å²) >= 11 is 0. The third-order valence-electron chi connectivity index (χ3n) is 2.20. The van der Waals surface area contributed by atoms with Crippen LogP contribution in [0.25, 0.3) is 0 Å². The van der Waals surface area contributed by atoms with Gasteiger partial charge < -0.3 is 15.7 Å². The molecule has 0 radical (unpaired) electrons. The summed E-state index contributed by atoms with van der Waals surface area (Å²) in [4.78, 5) is 2.28. The number of aliphatic hydroxyl groups is 1. The van der Waals surface area contributed by atoms with Gasteiger partial charge in [0.05, 0.1) is 0 Å². The number of hydrogen-bond acceptors (Lipinski definition) is 3. The van der Waals surface area contributed by atoms with Crippen LogP contribution in [0.3, 0.4) is 0 Å². The first kappa shape index (κ1) is 12.9. The Morgan fingerprint density at radius 1 is 1.31 bits per heavy atom. The van der Waals surface area contributed by atoms with Crippen LogP contribution in [0.4, 0.5) is 0 Å². The van der Waals surface area contributed by atoms with Gasteiger partial charge in [-0.2, -0.15) is 0 Å². The predicted octanol–water partition coefficient (Wildman–Crippen LogP) is 0.676. The van der Waals surface area contributed by atoms with Crippen LogP contribution in [0.2, 0.25) is 0 Å². The molecular weight excluding hydrogens is 164 g/mol. The summed E-state index contributed by atoms with van der Waals surface area (Å²) in [6.45, 7) is 7.44. The lowest BCUT2D eigenvalue weighted by Crippen LogP contribution is -2.37. The molecule has 0 aromatic carbocycles. The normalized spacial score (nSPS) is 12.5. The van der Waals surface area contributed by atoms with Crippen molar-refractivity contribution in [2.75, 3.05) is 33.3 Å². The molecule has 80 valence electrons. The minimum atomic E-state index is 0.202. The van der Waals surface area contributed by atoms with Crippen LogP contribution in [0.15, 0.2) is 0 Å². The summed E-state index contributed by atoms with van der Waals surface area (Å²) in [5.41, 5.74) is 5.85. The van der Waals surface area contributed by atoms with Crippen LogP contribution in [0.1, 0.15) is 26.7 Å². The first-order chi connectivity index (χ1) is 6.02. The Balaban J connectivity index is 3.55. The number of rotatable bonds is 7. The lowest BCUT2D eigenvalue weighted by atomic mass is 9.93. The van der Waals surface area contributed by atoms with Crippen molar-refractivity contribution in [2.45, 2.75) is 26.7 Å². The molecular formula is C10H24N2O. The van der Waals surface area contributed by atoms with Crippen LogP contribution in [0, 0.1) is 5.41 Å². The summed E-state index contributed by atoms with van der Waals surface area (Å²) in [7, 11) is 2.11. The second-order valence-corrected chi connectivity index (χ2v) is 4.54. The summed E-state index contributed by atoms with van der Waals surface area (Å²) < 4.78 is 0. The van der Waals surface area contributed by atoms with Gasteiger partial charge in [0.15, 0.2) is 0 Å². The molecule has 0 saturated heterocycles. The van der Waals surface area contributed by atoms with Gasteiger partial charge in [-0.15, -0.1) is 0 Å². The van der Waals surface area contributed by atoms with E-state index in [-0.39, 0.29) is 5.41 Å². The molecule has 3 nitrogen and oxygen atoms in total. The summed E-state index contributed by atoms with van der Waals surface area (Å²) in [5.74, 6) is 0. The minimum absolute atomic E-state index is 0.202. The lowest BCUT2D eigenvalue weighted by molar-refractivity contribution is 0.205. The molecule has 0 aliphatic carbocycles. The first-order valence-corrected chi connectivity index (χ1v) is 5.01. The Bertz CT molecular complexity index is 126. The van der Waals surface area contributed by atoms with E-state index < -0.39 is 0 Å². The highest BCUT2D eigenvalue weighted by Crippen LogP contribution is 2.13. The standard InChI is InChI=1S/C10H24N2O/c1-10(2,8-11)9-12(3)6-4-5-7-13/h13H,4-9,11H2,1-3H3. The Hall–Kier alpha value is -0.120. The number of aliphatic hydroxyl groups excluding tert-OH is 1. The van der Waals surface area contributed by atoms with Crippen LogP contribution in [-0.4, -0.2) is 43.3 Å². The van der Waals surface area contributed by atoms with E-state index in [1.54, 1.807) is 0 Å². The van der Waals surface area contributed by atoms with Gasteiger partial charge in [-0.25, -0.2) is 0 Å². The van der Waals surface area contributed by atoms with E-state index in [4.69, 9.17) is 10.8 Å². The van der Waals surface area contributed by atoms with Gasteiger partial charge >= 0.3 is 0 Å². The maximum absolute atomic E-state index is 8.62. The molecule has 0 rings (SSSR count). The third kappa shape index (κ3) is 6.99. The van der Waals surface area contributed by atoms with E-state index in [9.17, 15) is 0 Å². The number of nitrogens with two attached hydrogens (primary N) is 1. The summed E-state index contributed by atoms with van der Waals surface area (Å²) in [6, 6.07) is 0. The molecule has 0 spiro atoms. The second kappa shape index (κ2) is 6.35. The van der Waals surface area contributed by atoms with Gasteiger partial charge in [-0.05, 0) is 38.4 Å². The molecule has 3 N–H and O–H groups in total. The van der Waals surface area contributed by atoms with E-state index >= 15 is 0 Å². The Morgan fingerprint density at radius 3 is 2.38 bits per heavy atom. The maximum atomic E-state index is 8.62. The van der Waals surface area contributed by atoms with Crippen molar-refractivity contribution in [2.24, 2.45) is 11.1 Å². The van der Waals surface area contributed by atoms with Crippen molar-refractivity contribution >= 4 is 0 Å². The molecule has 0 aliphatic heterocycles. The third-order valence-corrected chi connectivity index (χ3v) is 2.20. The molecule has 0 aromatic rings. The van der Waals surface area contributed by atoms with Crippen LogP contribution in [-0.2, 0) is 0 Å². The maximum Gasteiger partial charge on any atom is 0.0431 e. The topological polar surface area (TPSA) is 49.5 Å². The first-order valence-electron chi connectivity index (χ1n) is 5.01. The zero-order valence-electron chi connectivity index (χ0n) is 9.21. The van der Waals surface area contributed by atoms with Crippen LogP contribution in [0.5, 0.6) is 0 Å². The fraction of sp³-hybridized carbons (Fsp3) is 1.00.